The summed E-state index contributed by atoms with van der Waals surface area (Å²) in [4.78, 5) is 27.7. The highest BCUT2D eigenvalue weighted by molar-refractivity contribution is 6.01. The molecule has 0 radical (unpaired) electrons. The van der Waals surface area contributed by atoms with Crippen molar-refractivity contribution in [1.29, 1.82) is 0 Å². The third kappa shape index (κ3) is 2.67. The molecule has 0 bridgehead atoms. The number of amides is 1. The Morgan fingerprint density at radius 1 is 1.16 bits per heavy atom. The predicted octanol–water partition coefficient (Wildman–Crippen LogP) is 2.07. The van der Waals surface area contributed by atoms with Crippen LogP contribution < -0.4 is 10.9 Å². The molecule has 4 rings (SSSR count). The largest absolute Gasteiger partial charge is 0.355 e. The molecule has 1 aromatic carbocycles. The molecule has 0 fully saturated rings. The maximum Gasteiger partial charge on any atom is 0.275 e. The number of hydrazine groups is 1. The van der Waals surface area contributed by atoms with Crippen LogP contribution in [-0.2, 0) is 0 Å². The van der Waals surface area contributed by atoms with E-state index in [9.17, 15) is 4.79 Å². The summed E-state index contributed by atoms with van der Waals surface area (Å²) in [6.45, 7) is 1.71. The number of carbonyl (C=O) groups excluding carboxylic acids is 1. The van der Waals surface area contributed by atoms with Gasteiger partial charge in [-0.15, -0.1) is 0 Å². The van der Waals surface area contributed by atoms with Crippen LogP contribution >= 0.6 is 0 Å². The van der Waals surface area contributed by atoms with Crippen molar-refractivity contribution in [3.63, 3.8) is 0 Å². The second-order valence-corrected chi connectivity index (χ2v) is 5.24. The van der Waals surface area contributed by atoms with Crippen molar-refractivity contribution in [1.82, 2.24) is 30.5 Å². The molecule has 0 atom stereocenters. The van der Waals surface area contributed by atoms with Crippen LogP contribution in [0, 0.1) is 6.92 Å². The van der Waals surface area contributed by atoms with Gasteiger partial charge in [0.05, 0.1) is 12.0 Å². The van der Waals surface area contributed by atoms with Gasteiger partial charge in [0.15, 0.2) is 17.2 Å². The van der Waals surface area contributed by atoms with Gasteiger partial charge in [-0.3, -0.25) is 15.6 Å². The molecule has 3 N–H and O–H groups in total. The normalized spacial score (nSPS) is 10.8. The maximum atomic E-state index is 12.6. The van der Waals surface area contributed by atoms with Crippen LogP contribution in [0.2, 0.25) is 0 Å². The topological polar surface area (TPSA) is 122 Å². The number of benzene rings is 1. The number of fused-ring (bicyclic) bond motifs is 1. The number of hydrogen-bond donors (Lipinski definition) is 3. The number of nitrogens with one attached hydrogen (secondary N) is 3. The van der Waals surface area contributed by atoms with Gasteiger partial charge in [0, 0.05) is 5.56 Å². The van der Waals surface area contributed by atoms with Crippen LogP contribution in [0.1, 0.15) is 16.1 Å². The molecule has 0 saturated heterocycles. The number of aromatic nitrogens is 5. The molecule has 25 heavy (non-hydrogen) atoms. The highest BCUT2D eigenvalue weighted by atomic mass is 16.5. The maximum absolute atomic E-state index is 12.6. The molecule has 0 unspecified atom stereocenters. The summed E-state index contributed by atoms with van der Waals surface area (Å²) in [5.41, 5.74) is 8.09. The Balaban J connectivity index is 1.60. The van der Waals surface area contributed by atoms with Crippen LogP contribution in [0.15, 0.2) is 47.5 Å². The van der Waals surface area contributed by atoms with Gasteiger partial charge in [-0.25, -0.2) is 15.0 Å². The van der Waals surface area contributed by atoms with Crippen molar-refractivity contribution in [2.75, 3.05) is 5.43 Å². The summed E-state index contributed by atoms with van der Waals surface area (Å²) >= 11 is 0. The molecular weight excluding hydrogens is 322 g/mol. The highest BCUT2D eigenvalue weighted by Crippen LogP contribution is 2.26. The van der Waals surface area contributed by atoms with Gasteiger partial charge in [0.2, 0.25) is 0 Å². The van der Waals surface area contributed by atoms with Crippen LogP contribution in [0.25, 0.3) is 22.5 Å². The lowest BCUT2D eigenvalue weighted by molar-refractivity contribution is 0.0962. The number of aromatic amines is 1. The fraction of sp³-hybridized carbons (Fsp3) is 0.0625. The molecule has 3 heterocycles. The Morgan fingerprint density at radius 3 is 2.84 bits per heavy atom. The van der Waals surface area contributed by atoms with E-state index in [-0.39, 0.29) is 5.91 Å². The molecule has 9 nitrogen and oxygen atoms in total. The zero-order valence-electron chi connectivity index (χ0n) is 13.1. The van der Waals surface area contributed by atoms with E-state index in [1.54, 1.807) is 6.92 Å². The van der Waals surface area contributed by atoms with Crippen molar-refractivity contribution < 1.29 is 9.32 Å². The zero-order chi connectivity index (χ0) is 17.2. The first-order chi connectivity index (χ1) is 12.2. The molecule has 3 aromatic heterocycles. The second kappa shape index (κ2) is 6.04. The standard InChI is InChI=1S/C16H13N7O2/c1-9-11(13(25-23-9)10-5-3-2-4-6-10)16(24)22-21-15-12-14(18-7-17-12)19-8-20-15/h2-8H,1H3,(H,22,24)(H2,17,18,19,20,21). The van der Waals surface area contributed by atoms with Crippen molar-refractivity contribution in [3.05, 3.63) is 54.2 Å². The first-order valence-electron chi connectivity index (χ1n) is 7.46. The number of aryl methyl sites for hydroxylation is 1. The van der Waals surface area contributed by atoms with Gasteiger partial charge in [0.25, 0.3) is 5.91 Å². The Labute approximate surface area is 141 Å². The van der Waals surface area contributed by atoms with Crippen LogP contribution in [-0.4, -0.2) is 31.0 Å². The Morgan fingerprint density at radius 2 is 2.00 bits per heavy atom. The summed E-state index contributed by atoms with van der Waals surface area (Å²) in [7, 11) is 0. The fourth-order valence-corrected chi connectivity index (χ4v) is 2.46. The molecule has 0 saturated carbocycles. The number of carbonyl (C=O) groups is 1. The molecule has 9 heteroatoms. The number of rotatable bonds is 4. The lowest BCUT2D eigenvalue weighted by atomic mass is 10.1. The first kappa shape index (κ1) is 14.8. The van der Waals surface area contributed by atoms with E-state index in [0.717, 1.165) is 5.56 Å². The van der Waals surface area contributed by atoms with Gasteiger partial charge in [0.1, 0.15) is 17.4 Å². The van der Waals surface area contributed by atoms with Gasteiger partial charge >= 0.3 is 0 Å². The molecule has 4 aromatic rings. The van der Waals surface area contributed by atoms with E-state index in [4.69, 9.17) is 4.52 Å². The third-order valence-corrected chi connectivity index (χ3v) is 3.64. The lowest BCUT2D eigenvalue weighted by Gasteiger charge is -2.08. The Bertz CT molecular complexity index is 1040. The summed E-state index contributed by atoms with van der Waals surface area (Å²) in [5, 5.41) is 3.91. The van der Waals surface area contributed by atoms with Crippen molar-refractivity contribution in [2.45, 2.75) is 6.92 Å². The number of hydrogen-bond acceptors (Lipinski definition) is 7. The first-order valence-corrected chi connectivity index (χ1v) is 7.46. The molecule has 0 aliphatic carbocycles. The fourth-order valence-electron chi connectivity index (χ4n) is 2.46. The Kier molecular flexibility index (Phi) is 3.58. The van der Waals surface area contributed by atoms with Crippen LogP contribution in [0.3, 0.4) is 0 Å². The summed E-state index contributed by atoms with van der Waals surface area (Å²) in [6, 6.07) is 9.32. The Hall–Kier alpha value is -3.75. The summed E-state index contributed by atoms with van der Waals surface area (Å²) < 4.78 is 5.33. The second-order valence-electron chi connectivity index (χ2n) is 5.24. The van der Waals surface area contributed by atoms with E-state index in [1.807, 2.05) is 30.3 Å². The average molecular weight is 335 g/mol. The number of nitrogens with zero attached hydrogens (tertiary/aromatic N) is 4. The molecule has 0 spiro atoms. The number of anilines is 1. The van der Waals surface area contributed by atoms with E-state index in [2.05, 4.69) is 35.9 Å². The molecule has 1 amide bonds. The van der Waals surface area contributed by atoms with Gasteiger partial charge in [-0.2, -0.15) is 0 Å². The lowest BCUT2D eigenvalue weighted by Crippen LogP contribution is -2.30. The van der Waals surface area contributed by atoms with Crippen molar-refractivity contribution in [3.8, 4) is 11.3 Å². The monoisotopic (exact) mass is 335 g/mol. The molecule has 0 aliphatic rings. The van der Waals surface area contributed by atoms with E-state index in [1.165, 1.54) is 12.7 Å². The number of H-pyrrole nitrogens is 1. The van der Waals surface area contributed by atoms with Gasteiger partial charge in [-0.1, -0.05) is 35.5 Å². The minimum atomic E-state index is -0.385. The van der Waals surface area contributed by atoms with E-state index < -0.39 is 0 Å². The minimum absolute atomic E-state index is 0.355. The van der Waals surface area contributed by atoms with Gasteiger partial charge in [-0.05, 0) is 6.92 Å². The van der Waals surface area contributed by atoms with Crippen LogP contribution in [0.4, 0.5) is 5.82 Å². The summed E-state index contributed by atoms with van der Waals surface area (Å²) in [5.74, 6) is 0.432. The third-order valence-electron chi connectivity index (χ3n) is 3.64. The molecule has 124 valence electrons. The SMILES string of the molecule is Cc1noc(-c2ccccc2)c1C(=O)NNc1ncnc2nc[nH]c12. The van der Waals surface area contributed by atoms with Gasteiger partial charge < -0.3 is 9.51 Å². The van der Waals surface area contributed by atoms with Crippen LogP contribution in [0.5, 0.6) is 0 Å². The molecule has 0 aliphatic heterocycles. The van der Waals surface area contributed by atoms with E-state index in [0.29, 0.717) is 34.0 Å². The summed E-state index contributed by atoms with van der Waals surface area (Å²) in [6.07, 6.45) is 2.86. The smallest absolute Gasteiger partial charge is 0.275 e. The van der Waals surface area contributed by atoms with Crippen molar-refractivity contribution >= 4 is 22.9 Å². The quantitative estimate of drug-likeness (QED) is 0.488. The molecular formula is C16H13N7O2. The highest BCUT2D eigenvalue weighted by Gasteiger charge is 2.22. The zero-order valence-corrected chi connectivity index (χ0v) is 13.1. The minimum Gasteiger partial charge on any atom is -0.355 e. The van der Waals surface area contributed by atoms with E-state index >= 15 is 0 Å². The average Bonchev–Trinajstić information content (AvgIpc) is 3.27. The van der Waals surface area contributed by atoms with Crippen molar-refractivity contribution in [2.24, 2.45) is 0 Å². The number of imidazole rings is 1. The predicted molar refractivity (Wildman–Crippen MR) is 89.4 cm³/mol.